The van der Waals surface area contributed by atoms with Crippen LogP contribution in [0.25, 0.3) is 0 Å². The van der Waals surface area contributed by atoms with E-state index in [9.17, 15) is 0 Å². The maximum Gasteiger partial charge on any atom is 0.631 e. The van der Waals surface area contributed by atoms with Crippen LogP contribution in [0.2, 0.25) is 0 Å². The van der Waals surface area contributed by atoms with Crippen LogP contribution in [-0.4, -0.2) is 34.3 Å². The molecule has 13 N–H and O–H groups in total. The Labute approximate surface area is 69.2 Å². The first-order valence-corrected chi connectivity index (χ1v) is 2.43. The van der Waals surface area contributed by atoms with Gasteiger partial charge < -0.3 is 38.0 Å². The zero-order valence-corrected chi connectivity index (χ0v) is 6.23. The van der Waals surface area contributed by atoms with Gasteiger partial charge in [0, 0.05) is 0 Å². The first-order valence-electron chi connectivity index (χ1n) is 2.43. The molecule has 10 heteroatoms. The molecule has 0 aliphatic rings. The fourth-order valence-corrected chi connectivity index (χ4v) is 0. The summed E-state index contributed by atoms with van der Waals surface area (Å²) in [6.45, 7) is 0. The number of guanidine groups is 2. The molecule has 0 unspecified atom stereocenters. The van der Waals surface area contributed by atoms with Crippen molar-refractivity contribution in [1.82, 2.24) is 0 Å². The summed E-state index contributed by atoms with van der Waals surface area (Å²) in [4.78, 5) is 0. The second kappa shape index (κ2) is 12.2. The van der Waals surface area contributed by atoms with Gasteiger partial charge in [0.25, 0.3) is 0 Å². The van der Waals surface area contributed by atoms with Gasteiger partial charge in [-0.25, -0.2) is 0 Å². The van der Waals surface area contributed by atoms with Gasteiger partial charge in [0.15, 0.2) is 11.9 Å². The number of hydrogen-bond acceptors (Lipinski definition) is 5. The maximum absolute atomic E-state index is 7.17. The van der Waals surface area contributed by atoms with E-state index in [0.717, 1.165) is 0 Å². The molecule has 0 amide bonds. The van der Waals surface area contributed by atoms with Crippen molar-refractivity contribution in [3.05, 3.63) is 0 Å². The first-order chi connectivity index (χ1) is 5.20. The minimum absolute atomic E-state index is 0.333. The first kappa shape index (κ1) is 16.8. The van der Waals surface area contributed by atoms with Crippen molar-refractivity contribution >= 4 is 19.2 Å². The van der Waals surface area contributed by atoms with E-state index in [-0.39, 0.29) is 11.9 Å². The smallest absolute Gasteiger partial charge is 0.402 e. The summed E-state index contributed by atoms with van der Waals surface area (Å²) >= 11 is 0. The predicted octanol–water partition coefficient (Wildman–Crippen LogP) is -4.37. The Morgan fingerprint density at radius 1 is 0.833 bits per heavy atom. The molecule has 0 aromatic carbocycles. The standard InChI is InChI=1S/2CH5N3.BH3O3/c3*2-1(3)4/h2*(H5,2,3,4);2-4H. The molecular weight excluding hydrogens is 167 g/mol. The van der Waals surface area contributed by atoms with Crippen molar-refractivity contribution < 1.29 is 15.1 Å². The highest BCUT2D eigenvalue weighted by atomic mass is 16.5. The minimum atomic E-state index is -2.17. The second-order valence-electron chi connectivity index (χ2n) is 1.26. The molecule has 0 rings (SSSR count). The van der Waals surface area contributed by atoms with Crippen LogP contribution in [0.15, 0.2) is 0 Å². The third-order valence-electron chi connectivity index (χ3n) is 0. The monoisotopic (exact) mass is 180 g/mol. The summed E-state index contributed by atoms with van der Waals surface area (Å²) < 4.78 is 0. The zero-order valence-electron chi connectivity index (χ0n) is 6.23. The number of rotatable bonds is 0. The van der Waals surface area contributed by atoms with Crippen LogP contribution in [0, 0.1) is 10.8 Å². The van der Waals surface area contributed by atoms with Crippen molar-refractivity contribution in [3.8, 4) is 0 Å². The lowest BCUT2D eigenvalue weighted by atomic mass is 10.3. The fraction of sp³-hybridized carbons (Fsp3) is 0. The highest BCUT2D eigenvalue weighted by molar-refractivity contribution is 6.30. The molecule has 0 atom stereocenters. The van der Waals surface area contributed by atoms with Gasteiger partial charge in [0.05, 0.1) is 0 Å². The topological polar surface area (TPSA) is 212 Å². The van der Waals surface area contributed by atoms with Crippen molar-refractivity contribution in [2.75, 3.05) is 0 Å². The van der Waals surface area contributed by atoms with E-state index >= 15 is 0 Å². The van der Waals surface area contributed by atoms with E-state index in [2.05, 4.69) is 22.9 Å². The summed E-state index contributed by atoms with van der Waals surface area (Å²) in [6, 6.07) is 0. The largest absolute Gasteiger partial charge is 0.631 e. The van der Waals surface area contributed by atoms with Gasteiger partial charge in [-0.05, 0) is 0 Å². The van der Waals surface area contributed by atoms with Crippen LogP contribution in [-0.2, 0) is 0 Å². The Hall–Kier alpha value is -1.52. The van der Waals surface area contributed by atoms with Gasteiger partial charge in [0.2, 0.25) is 0 Å². The average molecular weight is 180 g/mol. The summed E-state index contributed by atoms with van der Waals surface area (Å²) in [6.07, 6.45) is 0. The van der Waals surface area contributed by atoms with E-state index in [1.807, 2.05) is 0 Å². The van der Waals surface area contributed by atoms with Crippen molar-refractivity contribution in [1.29, 1.82) is 10.8 Å². The van der Waals surface area contributed by atoms with Gasteiger partial charge in [-0.3, -0.25) is 10.8 Å². The molecule has 0 aromatic rings. The molecule has 0 aromatic heterocycles. The van der Waals surface area contributed by atoms with Gasteiger partial charge in [-0.1, -0.05) is 0 Å². The molecular formula is C2H13BN6O3. The molecule has 9 nitrogen and oxygen atoms in total. The second-order valence-corrected chi connectivity index (χ2v) is 1.26. The third kappa shape index (κ3) is 207. The van der Waals surface area contributed by atoms with Crippen LogP contribution in [0.4, 0.5) is 0 Å². The molecule has 0 spiro atoms. The van der Waals surface area contributed by atoms with Gasteiger partial charge >= 0.3 is 7.32 Å². The summed E-state index contributed by atoms with van der Waals surface area (Å²) in [5.74, 6) is -0.667. The summed E-state index contributed by atoms with van der Waals surface area (Å²) in [5.41, 5.74) is 17.9. The molecule has 0 saturated heterocycles. The lowest BCUT2D eigenvalue weighted by Gasteiger charge is -1.69. The van der Waals surface area contributed by atoms with Crippen LogP contribution >= 0.6 is 0 Å². The summed E-state index contributed by atoms with van der Waals surface area (Å²) in [7, 11) is -2.17. The number of nitrogens with two attached hydrogens (primary N) is 4. The highest BCUT2D eigenvalue weighted by Gasteiger charge is 1.92. The van der Waals surface area contributed by atoms with Crippen molar-refractivity contribution in [2.45, 2.75) is 0 Å². The van der Waals surface area contributed by atoms with Gasteiger partial charge in [0.1, 0.15) is 0 Å². The normalized spacial score (nSPS) is 6.25. The maximum atomic E-state index is 7.17. The van der Waals surface area contributed by atoms with Gasteiger partial charge in [-0.15, -0.1) is 0 Å². The predicted molar refractivity (Wildman–Crippen MR) is 44.6 cm³/mol. The van der Waals surface area contributed by atoms with Crippen LogP contribution in [0.5, 0.6) is 0 Å². The molecule has 12 heavy (non-hydrogen) atoms. The number of nitrogens with one attached hydrogen (secondary N) is 2. The SMILES string of the molecule is N=C(N)N.N=C(N)N.OB(O)O. The lowest BCUT2D eigenvalue weighted by molar-refractivity contribution is 0.278. The molecule has 0 fully saturated rings. The molecule has 0 saturated carbocycles. The lowest BCUT2D eigenvalue weighted by Crippen LogP contribution is -2.20. The fourth-order valence-electron chi connectivity index (χ4n) is 0. The molecule has 0 heterocycles. The Morgan fingerprint density at radius 3 is 0.833 bits per heavy atom. The van der Waals surface area contributed by atoms with E-state index in [1.54, 1.807) is 0 Å². The quantitative estimate of drug-likeness (QED) is 0.101. The molecule has 0 radical (unpaired) electrons. The average Bonchev–Trinajstić information content (AvgIpc) is 1.54. The Kier molecular flexibility index (Phi) is 17.1. The van der Waals surface area contributed by atoms with Crippen molar-refractivity contribution in [3.63, 3.8) is 0 Å². The molecule has 0 bridgehead atoms. The molecule has 0 aliphatic carbocycles. The van der Waals surface area contributed by atoms with E-state index < -0.39 is 7.32 Å². The highest BCUT2D eigenvalue weighted by Crippen LogP contribution is 1.40. The third-order valence-corrected chi connectivity index (χ3v) is 0. The summed E-state index contributed by atoms with van der Waals surface area (Å²) in [5, 5.41) is 33.6. The number of hydrogen-bond donors (Lipinski definition) is 9. The zero-order chi connectivity index (χ0) is 10.7. The van der Waals surface area contributed by atoms with Gasteiger partial charge in [-0.2, -0.15) is 0 Å². The Bertz CT molecular complexity index is 105. The molecule has 72 valence electrons. The Morgan fingerprint density at radius 2 is 0.833 bits per heavy atom. The van der Waals surface area contributed by atoms with Crippen LogP contribution < -0.4 is 22.9 Å². The van der Waals surface area contributed by atoms with E-state index in [1.165, 1.54) is 0 Å². The molecule has 0 aliphatic heterocycles. The van der Waals surface area contributed by atoms with E-state index in [0.29, 0.717) is 0 Å². The van der Waals surface area contributed by atoms with Crippen LogP contribution in [0.1, 0.15) is 0 Å². The minimum Gasteiger partial charge on any atom is -0.402 e. The Balaban J connectivity index is -0.000000101. The van der Waals surface area contributed by atoms with Crippen molar-refractivity contribution in [2.24, 2.45) is 22.9 Å². The van der Waals surface area contributed by atoms with E-state index in [4.69, 9.17) is 25.9 Å². The van der Waals surface area contributed by atoms with Crippen LogP contribution in [0.3, 0.4) is 0 Å².